The maximum Gasteiger partial charge on any atom is 0.225 e. The maximum absolute atomic E-state index is 4.69. The summed E-state index contributed by atoms with van der Waals surface area (Å²) in [5, 5.41) is 6.79. The quantitative estimate of drug-likeness (QED) is 0.641. The minimum absolute atomic E-state index is 0.362. The van der Waals surface area contributed by atoms with Crippen LogP contribution in [0.4, 0.5) is 11.8 Å². The Kier molecular flexibility index (Phi) is 5.62. The van der Waals surface area contributed by atoms with Crippen LogP contribution in [0.15, 0.2) is 66.7 Å². The van der Waals surface area contributed by atoms with Crippen LogP contribution in [-0.4, -0.2) is 16.0 Å². The van der Waals surface area contributed by atoms with Crippen molar-refractivity contribution in [1.29, 1.82) is 0 Å². The van der Waals surface area contributed by atoms with Crippen LogP contribution in [0.1, 0.15) is 25.8 Å². The van der Waals surface area contributed by atoms with E-state index < -0.39 is 0 Å². The Morgan fingerprint density at radius 1 is 0.920 bits per heavy atom. The van der Waals surface area contributed by atoms with E-state index in [0.29, 0.717) is 18.5 Å². The third-order valence-corrected chi connectivity index (χ3v) is 4.10. The molecule has 0 radical (unpaired) electrons. The Hall–Kier alpha value is -2.88. The van der Waals surface area contributed by atoms with E-state index in [9.17, 15) is 0 Å². The number of benzene rings is 2. The molecule has 128 valence electrons. The van der Waals surface area contributed by atoms with Crippen molar-refractivity contribution in [1.82, 2.24) is 9.97 Å². The zero-order chi connectivity index (χ0) is 17.5. The Bertz CT molecular complexity index is 788. The van der Waals surface area contributed by atoms with Gasteiger partial charge < -0.3 is 10.6 Å². The van der Waals surface area contributed by atoms with Crippen molar-refractivity contribution < 1.29 is 0 Å². The molecule has 4 heteroatoms. The van der Waals surface area contributed by atoms with Crippen molar-refractivity contribution >= 4 is 11.8 Å². The number of aromatic nitrogens is 2. The second-order valence-electron chi connectivity index (χ2n) is 6.12. The van der Waals surface area contributed by atoms with Gasteiger partial charge in [0.25, 0.3) is 0 Å². The molecule has 0 aliphatic carbocycles. The van der Waals surface area contributed by atoms with Crippen molar-refractivity contribution in [3.8, 4) is 11.3 Å². The van der Waals surface area contributed by atoms with Gasteiger partial charge in [0, 0.05) is 24.2 Å². The molecule has 3 rings (SSSR count). The molecule has 3 aromatic rings. The fourth-order valence-electron chi connectivity index (χ4n) is 2.49. The fraction of sp³-hybridized carbons (Fsp3) is 0.238. The molecule has 0 amide bonds. The van der Waals surface area contributed by atoms with Crippen LogP contribution in [0, 0.1) is 0 Å². The van der Waals surface area contributed by atoms with Gasteiger partial charge in [-0.15, -0.1) is 0 Å². The van der Waals surface area contributed by atoms with Gasteiger partial charge in [-0.3, -0.25) is 0 Å². The summed E-state index contributed by atoms with van der Waals surface area (Å²) in [7, 11) is 0. The van der Waals surface area contributed by atoms with Crippen molar-refractivity contribution in [2.75, 3.05) is 10.6 Å². The standard InChI is InChI=1S/C21H24N4/c1-3-16(2)23-20-14-19(18-12-8-5-9-13-18)24-21(25-20)22-15-17-10-6-4-7-11-17/h4-14,16H,3,15H2,1-2H3,(H2,22,23,24,25). The maximum atomic E-state index is 4.69. The minimum atomic E-state index is 0.362. The van der Waals surface area contributed by atoms with Crippen LogP contribution in [-0.2, 0) is 6.54 Å². The third kappa shape index (κ3) is 4.80. The first kappa shape index (κ1) is 17.0. The lowest BCUT2D eigenvalue weighted by molar-refractivity contribution is 0.758. The fourth-order valence-corrected chi connectivity index (χ4v) is 2.49. The molecule has 4 nitrogen and oxygen atoms in total. The first-order valence-electron chi connectivity index (χ1n) is 8.73. The minimum Gasteiger partial charge on any atom is -0.367 e. The van der Waals surface area contributed by atoms with E-state index in [-0.39, 0.29) is 0 Å². The molecule has 1 unspecified atom stereocenters. The Labute approximate surface area is 149 Å². The molecule has 0 fully saturated rings. The number of hydrogen-bond acceptors (Lipinski definition) is 4. The smallest absolute Gasteiger partial charge is 0.225 e. The molecule has 1 atom stereocenters. The topological polar surface area (TPSA) is 49.8 Å². The van der Waals surface area contributed by atoms with Gasteiger partial charge >= 0.3 is 0 Å². The third-order valence-electron chi connectivity index (χ3n) is 4.10. The highest BCUT2D eigenvalue weighted by atomic mass is 15.1. The molecule has 0 bridgehead atoms. The van der Waals surface area contributed by atoms with Gasteiger partial charge in [0.2, 0.25) is 5.95 Å². The lowest BCUT2D eigenvalue weighted by Gasteiger charge is -2.15. The van der Waals surface area contributed by atoms with Gasteiger partial charge in [-0.05, 0) is 18.9 Å². The van der Waals surface area contributed by atoms with Crippen molar-refractivity contribution in [2.45, 2.75) is 32.9 Å². The normalized spacial score (nSPS) is 11.8. The lowest BCUT2D eigenvalue weighted by atomic mass is 10.1. The molecular weight excluding hydrogens is 308 g/mol. The second kappa shape index (κ2) is 8.29. The number of rotatable bonds is 7. The molecule has 0 spiro atoms. The number of nitrogens with one attached hydrogen (secondary N) is 2. The Balaban J connectivity index is 1.86. The van der Waals surface area contributed by atoms with Gasteiger partial charge in [0.15, 0.2) is 0 Å². The molecule has 2 N–H and O–H groups in total. The van der Waals surface area contributed by atoms with Crippen LogP contribution >= 0.6 is 0 Å². The Morgan fingerprint density at radius 3 is 2.28 bits per heavy atom. The van der Waals surface area contributed by atoms with Crippen LogP contribution in [0.5, 0.6) is 0 Å². The zero-order valence-electron chi connectivity index (χ0n) is 14.7. The highest BCUT2D eigenvalue weighted by molar-refractivity contribution is 5.64. The van der Waals surface area contributed by atoms with Gasteiger partial charge in [-0.1, -0.05) is 67.6 Å². The number of hydrogen-bond donors (Lipinski definition) is 2. The summed E-state index contributed by atoms with van der Waals surface area (Å²) in [6.07, 6.45) is 1.04. The lowest BCUT2D eigenvalue weighted by Crippen LogP contribution is -2.15. The summed E-state index contributed by atoms with van der Waals surface area (Å²) in [5.41, 5.74) is 3.20. The van der Waals surface area contributed by atoms with E-state index >= 15 is 0 Å². The molecule has 1 aromatic heterocycles. The highest BCUT2D eigenvalue weighted by Gasteiger charge is 2.08. The molecule has 0 aliphatic rings. The summed E-state index contributed by atoms with van der Waals surface area (Å²) in [4.78, 5) is 9.32. The van der Waals surface area contributed by atoms with E-state index in [0.717, 1.165) is 23.5 Å². The highest BCUT2D eigenvalue weighted by Crippen LogP contribution is 2.22. The molecule has 25 heavy (non-hydrogen) atoms. The number of anilines is 2. The summed E-state index contributed by atoms with van der Waals surface area (Å²) in [6, 6.07) is 22.8. The van der Waals surface area contributed by atoms with E-state index in [4.69, 9.17) is 0 Å². The van der Waals surface area contributed by atoms with E-state index in [1.165, 1.54) is 5.56 Å². The molecule has 1 heterocycles. The van der Waals surface area contributed by atoms with E-state index in [2.05, 4.69) is 58.7 Å². The molecule has 0 aliphatic heterocycles. The predicted octanol–water partition coefficient (Wildman–Crippen LogP) is 4.97. The first-order chi connectivity index (χ1) is 12.2. The first-order valence-corrected chi connectivity index (χ1v) is 8.73. The average Bonchev–Trinajstić information content (AvgIpc) is 2.67. The van der Waals surface area contributed by atoms with E-state index in [1.807, 2.05) is 42.5 Å². The molecular formula is C21H24N4. The van der Waals surface area contributed by atoms with Crippen molar-refractivity contribution in [3.63, 3.8) is 0 Å². The van der Waals surface area contributed by atoms with Gasteiger partial charge in [-0.2, -0.15) is 4.98 Å². The SMILES string of the molecule is CCC(C)Nc1cc(-c2ccccc2)nc(NCc2ccccc2)n1. The van der Waals surface area contributed by atoms with E-state index in [1.54, 1.807) is 0 Å². The van der Waals surface area contributed by atoms with Crippen LogP contribution < -0.4 is 10.6 Å². The zero-order valence-corrected chi connectivity index (χ0v) is 14.7. The molecule has 2 aromatic carbocycles. The summed E-state index contributed by atoms with van der Waals surface area (Å²) >= 11 is 0. The van der Waals surface area contributed by atoms with Crippen LogP contribution in [0.2, 0.25) is 0 Å². The molecule has 0 saturated carbocycles. The van der Waals surface area contributed by atoms with Gasteiger partial charge in [0.05, 0.1) is 5.69 Å². The van der Waals surface area contributed by atoms with Crippen molar-refractivity contribution in [3.05, 3.63) is 72.3 Å². The monoisotopic (exact) mass is 332 g/mol. The van der Waals surface area contributed by atoms with Gasteiger partial charge in [-0.25, -0.2) is 4.98 Å². The molecule has 0 saturated heterocycles. The Morgan fingerprint density at radius 2 is 1.60 bits per heavy atom. The summed E-state index contributed by atoms with van der Waals surface area (Å²) in [5.74, 6) is 1.48. The van der Waals surface area contributed by atoms with Crippen LogP contribution in [0.3, 0.4) is 0 Å². The summed E-state index contributed by atoms with van der Waals surface area (Å²) < 4.78 is 0. The van der Waals surface area contributed by atoms with Crippen molar-refractivity contribution in [2.24, 2.45) is 0 Å². The predicted molar refractivity (Wildman–Crippen MR) is 105 cm³/mol. The largest absolute Gasteiger partial charge is 0.367 e. The number of nitrogens with zero attached hydrogens (tertiary/aromatic N) is 2. The van der Waals surface area contributed by atoms with Gasteiger partial charge in [0.1, 0.15) is 5.82 Å². The average molecular weight is 332 g/mol. The van der Waals surface area contributed by atoms with Crippen LogP contribution in [0.25, 0.3) is 11.3 Å². The second-order valence-corrected chi connectivity index (χ2v) is 6.12. The summed E-state index contributed by atoms with van der Waals surface area (Å²) in [6.45, 7) is 5.01.